The molecule has 8 heteroatoms. The van der Waals surface area contributed by atoms with Crippen molar-refractivity contribution in [2.24, 2.45) is 10.7 Å². The van der Waals surface area contributed by atoms with Crippen molar-refractivity contribution in [3.63, 3.8) is 0 Å². The number of amides is 1. The average molecular weight is 371 g/mol. The number of aryl methyl sites for hydroxylation is 1. The predicted molar refractivity (Wildman–Crippen MR) is 105 cm³/mol. The minimum Gasteiger partial charge on any atom is -0.505 e. The summed E-state index contributed by atoms with van der Waals surface area (Å²) in [5.41, 5.74) is 6.20. The Labute approximate surface area is 158 Å². The van der Waals surface area contributed by atoms with E-state index in [1.54, 1.807) is 18.0 Å². The number of nitrogens with one attached hydrogen (secondary N) is 2. The molecule has 144 valence electrons. The summed E-state index contributed by atoms with van der Waals surface area (Å²) in [4.78, 5) is 17.6. The number of furan rings is 1. The summed E-state index contributed by atoms with van der Waals surface area (Å²) in [5.74, 6) is 0.711. The van der Waals surface area contributed by atoms with Gasteiger partial charge in [-0.1, -0.05) is 13.0 Å². The van der Waals surface area contributed by atoms with Crippen LogP contribution >= 0.6 is 0 Å². The first-order valence-corrected chi connectivity index (χ1v) is 8.56. The standard InChI is InChI=1S/C19H25N5O3/c1-5-14(15-10-9-11(2)27-15)24(4)18(21)17(20)23-13-8-6-7-12(16(13)25)19(26)22-3/h6-10,14,21,25H,5H2,1-4H3,(H2,20,23)(H,22,26)/t14-/m1/s1. The fourth-order valence-corrected chi connectivity index (χ4v) is 2.76. The van der Waals surface area contributed by atoms with Crippen molar-refractivity contribution < 1.29 is 14.3 Å². The van der Waals surface area contributed by atoms with Crippen LogP contribution in [0.25, 0.3) is 0 Å². The molecule has 0 aliphatic rings. The Hall–Kier alpha value is -3.29. The monoisotopic (exact) mass is 371 g/mol. The lowest BCUT2D eigenvalue weighted by Crippen LogP contribution is -2.39. The number of aliphatic imine (C=N–C) groups is 1. The summed E-state index contributed by atoms with van der Waals surface area (Å²) in [6.07, 6.45) is 0.705. The molecule has 8 nitrogen and oxygen atoms in total. The van der Waals surface area contributed by atoms with Crippen molar-refractivity contribution in [1.82, 2.24) is 10.2 Å². The zero-order chi connectivity index (χ0) is 20.1. The Morgan fingerprint density at radius 3 is 2.67 bits per heavy atom. The zero-order valence-corrected chi connectivity index (χ0v) is 15.9. The van der Waals surface area contributed by atoms with Crippen LogP contribution in [0.5, 0.6) is 5.75 Å². The number of benzene rings is 1. The first kappa shape index (κ1) is 20.0. The van der Waals surface area contributed by atoms with Crippen LogP contribution in [0.2, 0.25) is 0 Å². The summed E-state index contributed by atoms with van der Waals surface area (Å²) in [6.45, 7) is 3.85. The molecule has 1 heterocycles. The summed E-state index contributed by atoms with van der Waals surface area (Å²) in [5, 5.41) is 21.1. The summed E-state index contributed by atoms with van der Waals surface area (Å²) in [6, 6.07) is 8.16. The lowest BCUT2D eigenvalue weighted by atomic mass is 10.1. The molecule has 0 unspecified atom stereocenters. The second-order valence-corrected chi connectivity index (χ2v) is 6.08. The third-order valence-corrected chi connectivity index (χ3v) is 4.27. The lowest BCUT2D eigenvalue weighted by molar-refractivity contribution is 0.0960. The number of nitrogens with zero attached hydrogens (tertiary/aromatic N) is 2. The van der Waals surface area contributed by atoms with Gasteiger partial charge in [-0.25, -0.2) is 4.99 Å². The SMILES string of the molecule is CC[C@H](c1ccc(C)o1)N(C)C(=N)C(N)=Nc1cccc(C(=O)NC)c1O. The van der Waals surface area contributed by atoms with Gasteiger partial charge in [0.1, 0.15) is 17.2 Å². The van der Waals surface area contributed by atoms with Crippen LogP contribution in [0.1, 0.15) is 41.3 Å². The topological polar surface area (TPSA) is 128 Å². The van der Waals surface area contributed by atoms with E-state index in [9.17, 15) is 9.90 Å². The number of rotatable bonds is 5. The first-order valence-electron chi connectivity index (χ1n) is 8.56. The van der Waals surface area contributed by atoms with Gasteiger partial charge in [0.2, 0.25) is 0 Å². The molecule has 1 atom stereocenters. The van der Waals surface area contributed by atoms with Crippen LogP contribution < -0.4 is 11.1 Å². The number of aromatic hydroxyl groups is 1. The van der Waals surface area contributed by atoms with Crippen LogP contribution in [0, 0.1) is 12.3 Å². The van der Waals surface area contributed by atoms with Crippen molar-refractivity contribution >= 4 is 23.3 Å². The second kappa shape index (κ2) is 8.39. The molecule has 0 aliphatic heterocycles. The molecule has 2 aromatic rings. The highest BCUT2D eigenvalue weighted by Crippen LogP contribution is 2.30. The Morgan fingerprint density at radius 2 is 2.11 bits per heavy atom. The maximum absolute atomic E-state index is 11.8. The molecule has 27 heavy (non-hydrogen) atoms. The van der Waals surface area contributed by atoms with Gasteiger partial charge in [0, 0.05) is 14.1 Å². The van der Waals surface area contributed by atoms with Gasteiger partial charge in [-0.2, -0.15) is 0 Å². The summed E-state index contributed by atoms with van der Waals surface area (Å²) >= 11 is 0. The van der Waals surface area contributed by atoms with Crippen molar-refractivity contribution in [3.8, 4) is 5.75 Å². The quantitative estimate of drug-likeness (QED) is 0.474. The van der Waals surface area contributed by atoms with Crippen LogP contribution in [-0.4, -0.2) is 41.7 Å². The molecule has 0 saturated carbocycles. The fraction of sp³-hybridized carbons (Fsp3) is 0.316. The maximum Gasteiger partial charge on any atom is 0.254 e. The zero-order valence-electron chi connectivity index (χ0n) is 15.9. The Kier molecular flexibility index (Phi) is 6.23. The van der Waals surface area contributed by atoms with Crippen molar-refractivity contribution in [1.29, 1.82) is 5.41 Å². The smallest absolute Gasteiger partial charge is 0.254 e. The number of para-hydroxylation sites is 1. The Morgan fingerprint density at radius 1 is 1.41 bits per heavy atom. The van der Waals surface area contributed by atoms with Crippen LogP contribution in [0.4, 0.5) is 5.69 Å². The fourth-order valence-electron chi connectivity index (χ4n) is 2.76. The number of hydrogen-bond acceptors (Lipinski definition) is 5. The maximum atomic E-state index is 11.8. The number of phenolic OH excluding ortho intramolecular Hbond substituents is 1. The molecule has 0 saturated heterocycles. The van der Waals surface area contributed by atoms with E-state index in [4.69, 9.17) is 15.6 Å². The van der Waals surface area contributed by atoms with Crippen molar-refractivity contribution in [3.05, 3.63) is 47.4 Å². The van der Waals surface area contributed by atoms with Gasteiger partial charge in [-0.3, -0.25) is 10.2 Å². The van der Waals surface area contributed by atoms with Gasteiger partial charge in [0.15, 0.2) is 17.4 Å². The average Bonchev–Trinajstić information content (AvgIpc) is 3.08. The number of nitrogens with two attached hydrogens (primary N) is 1. The molecule has 5 N–H and O–H groups in total. The molecular weight excluding hydrogens is 346 g/mol. The molecule has 0 radical (unpaired) electrons. The lowest BCUT2D eigenvalue weighted by Gasteiger charge is -2.27. The first-order chi connectivity index (χ1) is 12.8. The molecule has 1 aromatic carbocycles. The van der Waals surface area contributed by atoms with Gasteiger partial charge >= 0.3 is 0 Å². The van der Waals surface area contributed by atoms with Gasteiger partial charge in [0.05, 0.1) is 11.6 Å². The van der Waals surface area contributed by atoms with E-state index in [-0.39, 0.29) is 34.7 Å². The molecule has 2 rings (SSSR count). The van der Waals surface area contributed by atoms with Crippen molar-refractivity contribution in [2.75, 3.05) is 14.1 Å². The number of carbonyl (C=O) groups is 1. The van der Waals surface area contributed by atoms with E-state index in [1.165, 1.54) is 19.2 Å². The molecular formula is C19H25N5O3. The Balaban J connectivity index is 2.29. The van der Waals surface area contributed by atoms with E-state index >= 15 is 0 Å². The van der Waals surface area contributed by atoms with Gasteiger partial charge < -0.3 is 25.5 Å². The molecule has 1 aromatic heterocycles. The largest absolute Gasteiger partial charge is 0.505 e. The highest BCUT2D eigenvalue weighted by molar-refractivity contribution is 6.39. The number of hydrogen-bond donors (Lipinski definition) is 4. The summed E-state index contributed by atoms with van der Waals surface area (Å²) < 4.78 is 5.68. The minimum atomic E-state index is -0.436. The number of likely N-dealkylation sites (N-methyl/N-ethyl adjacent to an activating group) is 1. The molecule has 0 bridgehead atoms. The van der Waals surface area contributed by atoms with Crippen LogP contribution in [-0.2, 0) is 0 Å². The highest BCUT2D eigenvalue weighted by atomic mass is 16.3. The van der Waals surface area contributed by atoms with E-state index in [2.05, 4.69) is 10.3 Å². The van der Waals surface area contributed by atoms with Crippen LogP contribution in [0.15, 0.2) is 39.7 Å². The highest BCUT2D eigenvalue weighted by Gasteiger charge is 2.23. The predicted octanol–water partition coefficient (Wildman–Crippen LogP) is 2.70. The van der Waals surface area contributed by atoms with Gasteiger partial charge in [0.25, 0.3) is 5.91 Å². The summed E-state index contributed by atoms with van der Waals surface area (Å²) in [7, 11) is 3.20. The second-order valence-electron chi connectivity index (χ2n) is 6.08. The third kappa shape index (κ3) is 4.28. The number of phenols is 1. The van der Waals surface area contributed by atoms with E-state index in [0.717, 1.165) is 11.5 Å². The number of carbonyl (C=O) groups excluding carboxylic acids is 1. The van der Waals surface area contributed by atoms with Gasteiger partial charge in [-0.15, -0.1) is 0 Å². The van der Waals surface area contributed by atoms with Crippen molar-refractivity contribution in [2.45, 2.75) is 26.3 Å². The molecule has 1 amide bonds. The van der Waals surface area contributed by atoms with E-state index < -0.39 is 5.91 Å². The van der Waals surface area contributed by atoms with Crippen LogP contribution in [0.3, 0.4) is 0 Å². The third-order valence-electron chi connectivity index (χ3n) is 4.27. The van der Waals surface area contributed by atoms with E-state index in [0.29, 0.717) is 6.42 Å². The molecule has 0 spiro atoms. The Bertz CT molecular complexity index is 872. The van der Waals surface area contributed by atoms with E-state index in [1.807, 2.05) is 26.0 Å². The molecule has 0 fully saturated rings. The normalized spacial score (nSPS) is 12.5. The number of amidine groups is 2. The van der Waals surface area contributed by atoms with Gasteiger partial charge in [-0.05, 0) is 37.6 Å². The minimum absolute atomic E-state index is 0.0133. The molecule has 0 aliphatic carbocycles.